The minimum absolute atomic E-state index is 0.519. The molecule has 0 heterocycles. The molecule has 0 amide bonds. The molecular formula is C17H20O2. The molecule has 0 spiro atoms. The van der Waals surface area contributed by atoms with Gasteiger partial charge in [0.25, 0.3) is 0 Å². The zero-order valence-electron chi connectivity index (χ0n) is 11.7. The lowest BCUT2D eigenvalue weighted by Gasteiger charge is -2.11. The smallest absolute Gasteiger partial charge is 0.125 e. The number of hydrogen-bond acceptors (Lipinski definition) is 2. The first-order valence-electron chi connectivity index (χ1n) is 6.55. The summed E-state index contributed by atoms with van der Waals surface area (Å²) in [4.78, 5) is 0. The zero-order valence-corrected chi connectivity index (χ0v) is 11.7. The molecule has 0 radical (unpaired) electrons. The second-order valence-corrected chi connectivity index (χ2v) is 4.82. The average Bonchev–Trinajstić information content (AvgIpc) is 2.45. The van der Waals surface area contributed by atoms with Gasteiger partial charge in [0.2, 0.25) is 0 Å². The number of hydrogen-bond donors (Lipinski definition) is 0. The number of ether oxygens (including phenoxy) is 2. The highest BCUT2D eigenvalue weighted by molar-refractivity contribution is 5.34. The van der Waals surface area contributed by atoms with Crippen molar-refractivity contribution in [1.82, 2.24) is 0 Å². The van der Waals surface area contributed by atoms with Crippen molar-refractivity contribution < 1.29 is 9.47 Å². The summed E-state index contributed by atoms with van der Waals surface area (Å²) >= 11 is 0. The third-order valence-corrected chi connectivity index (χ3v) is 3.13. The SMILES string of the molecule is COc1ccccc1COc1ccc(C(C)C)cc1. The summed E-state index contributed by atoms with van der Waals surface area (Å²) in [6.07, 6.45) is 0. The molecule has 0 aliphatic heterocycles. The number of methoxy groups -OCH3 is 1. The molecule has 0 atom stereocenters. The number of benzene rings is 2. The Bertz CT molecular complexity index is 515. The second-order valence-electron chi connectivity index (χ2n) is 4.82. The van der Waals surface area contributed by atoms with Crippen molar-refractivity contribution in [3.05, 3.63) is 59.7 Å². The second kappa shape index (κ2) is 6.28. The van der Waals surface area contributed by atoms with Crippen molar-refractivity contribution in [2.24, 2.45) is 0 Å². The van der Waals surface area contributed by atoms with Gasteiger partial charge in [0.1, 0.15) is 18.1 Å². The van der Waals surface area contributed by atoms with Crippen molar-refractivity contribution in [3.8, 4) is 11.5 Å². The Morgan fingerprint density at radius 1 is 0.947 bits per heavy atom. The molecule has 2 aromatic rings. The lowest BCUT2D eigenvalue weighted by atomic mass is 10.0. The molecule has 2 heteroatoms. The molecule has 0 fully saturated rings. The monoisotopic (exact) mass is 256 g/mol. The Kier molecular flexibility index (Phi) is 4.45. The fourth-order valence-corrected chi connectivity index (χ4v) is 1.93. The van der Waals surface area contributed by atoms with E-state index >= 15 is 0 Å². The van der Waals surface area contributed by atoms with Crippen LogP contribution in [0.5, 0.6) is 11.5 Å². The first-order valence-corrected chi connectivity index (χ1v) is 6.55. The third kappa shape index (κ3) is 3.50. The molecular weight excluding hydrogens is 236 g/mol. The van der Waals surface area contributed by atoms with Gasteiger partial charge < -0.3 is 9.47 Å². The van der Waals surface area contributed by atoms with Crippen LogP contribution < -0.4 is 9.47 Å². The molecule has 0 aliphatic carbocycles. The normalized spacial score (nSPS) is 10.5. The predicted octanol–water partition coefficient (Wildman–Crippen LogP) is 4.40. The van der Waals surface area contributed by atoms with Crippen LogP contribution in [-0.4, -0.2) is 7.11 Å². The van der Waals surface area contributed by atoms with E-state index in [1.807, 2.05) is 36.4 Å². The van der Waals surface area contributed by atoms with Gasteiger partial charge in [0.05, 0.1) is 7.11 Å². The Balaban J connectivity index is 2.02. The van der Waals surface area contributed by atoms with E-state index in [-0.39, 0.29) is 0 Å². The topological polar surface area (TPSA) is 18.5 Å². The highest BCUT2D eigenvalue weighted by Crippen LogP contribution is 2.22. The van der Waals surface area contributed by atoms with E-state index in [4.69, 9.17) is 9.47 Å². The van der Waals surface area contributed by atoms with Gasteiger partial charge >= 0.3 is 0 Å². The Morgan fingerprint density at radius 3 is 2.26 bits per heavy atom. The van der Waals surface area contributed by atoms with E-state index in [2.05, 4.69) is 26.0 Å². The van der Waals surface area contributed by atoms with Gasteiger partial charge in [-0.25, -0.2) is 0 Å². The molecule has 0 aromatic heterocycles. The maximum Gasteiger partial charge on any atom is 0.125 e. The molecule has 2 aromatic carbocycles. The summed E-state index contributed by atoms with van der Waals surface area (Å²) in [5.74, 6) is 2.29. The van der Waals surface area contributed by atoms with E-state index in [1.165, 1.54) is 5.56 Å². The van der Waals surface area contributed by atoms with Crippen LogP contribution in [0.1, 0.15) is 30.9 Å². The quantitative estimate of drug-likeness (QED) is 0.789. The van der Waals surface area contributed by atoms with E-state index in [0.717, 1.165) is 17.1 Å². The van der Waals surface area contributed by atoms with Crippen LogP contribution in [0.15, 0.2) is 48.5 Å². The largest absolute Gasteiger partial charge is 0.496 e. The molecule has 0 aliphatic rings. The predicted molar refractivity (Wildman–Crippen MR) is 77.9 cm³/mol. The van der Waals surface area contributed by atoms with Gasteiger partial charge in [0, 0.05) is 5.56 Å². The zero-order chi connectivity index (χ0) is 13.7. The molecule has 2 rings (SSSR count). The third-order valence-electron chi connectivity index (χ3n) is 3.13. The molecule has 100 valence electrons. The van der Waals surface area contributed by atoms with Crippen molar-refractivity contribution in [3.63, 3.8) is 0 Å². The molecule has 0 bridgehead atoms. The van der Waals surface area contributed by atoms with E-state index in [9.17, 15) is 0 Å². The van der Waals surface area contributed by atoms with E-state index < -0.39 is 0 Å². The summed E-state index contributed by atoms with van der Waals surface area (Å²) in [5.41, 5.74) is 2.38. The lowest BCUT2D eigenvalue weighted by Crippen LogP contribution is -1.98. The molecule has 0 saturated heterocycles. The van der Waals surface area contributed by atoms with Crippen LogP contribution in [-0.2, 0) is 6.61 Å². The first-order chi connectivity index (χ1) is 9.20. The molecule has 0 N–H and O–H groups in total. The summed E-state index contributed by atoms with van der Waals surface area (Å²) in [7, 11) is 1.68. The summed E-state index contributed by atoms with van der Waals surface area (Å²) in [5, 5.41) is 0. The number of para-hydroxylation sites is 1. The molecule has 0 unspecified atom stereocenters. The van der Waals surface area contributed by atoms with Crippen LogP contribution in [0.25, 0.3) is 0 Å². The lowest BCUT2D eigenvalue weighted by molar-refractivity contribution is 0.296. The Labute approximate surface area is 115 Å². The molecule has 2 nitrogen and oxygen atoms in total. The molecule has 0 saturated carbocycles. The van der Waals surface area contributed by atoms with Crippen molar-refractivity contribution >= 4 is 0 Å². The first kappa shape index (κ1) is 13.5. The summed E-state index contributed by atoms with van der Waals surface area (Å²) in [6.45, 7) is 4.89. The fraction of sp³-hybridized carbons (Fsp3) is 0.294. The van der Waals surface area contributed by atoms with Crippen LogP contribution in [0.3, 0.4) is 0 Å². The Morgan fingerprint density at radius 2 is 1.63 bits per heavy atom. The van der Waals surface area contributed by atoms with Gasteiger partial charge in [-0.15, -0.1) is 0 Å². The van der Waals surface area contributed by atoms with Crippen molar-refractivity contribution in [2.75, 3.05) is 7.11 Å². The highest BCUT2D eigenvalue weighted by atomic mass is 16.5. The van der Waals surface area contributed by atoms with Crippen LogP contribution in [0, 0.1) is 0 Å². The van der Waals surface area contributed by atoms with Crippen LogP contribution >= 0.6 is 0 Å². The standard InChI is InChI=1S/C17H20O2/c1-13(2)14-8-10-16(11-9-14)19-12-15-6-4-5-7-17(15)18-3/h4-11,13H,12H2,1-3H3. The fourth-order valence-electron chi connectivity index (χ4n) is 1.93. The van der Waals surface area contributed by atoms with Crippen molar-refractivity contribution in [2.45, 2.75) is 26.4 Å². The number of rotatable bonds is 5. The van der Waals surface area contributed by atoms with E-state index in [1.54, 1.807) is 7.11 Å². The van der Waals surface area contributed by atoms with Gasteiger partial charge in [0.15, 0.2) is 0 Å². The summed E-state index contributed by atoms with van der Waals surface area (Å²) in [6, 6.07) is 16.2. The van der Waals surface area contributed by atoms with Gasteiger partial charge in [-0.3, -0.25) is 0 Å². The van der Waals surface area contributed by atoms with Crippen molar-refractivity contribution in [1.29, 1.82) is 0 Å². The van der Waals surface area contributed by atoms with Gasteiger partial charge in [-0.1, -0.05) is 44.2 Å². The summed E-state index contributed by atoms with van der Waals surface area (Å²) < 4.78 is 11.1. The maximum atomic E-state index is 5.79. The Hall–Kier alpha value is -1.96. The van der Waals surface area contributed by atoms with Crippen LogP contribution in [0.4, 0.5) is 0 Å². The van der Waals surface area contributed by atoms with E-state index in [0.29, 0.717) is 12.5 Å². The van der Waals surface area contributed by atoms with Crippen LogP contribution in [0.2, 0.25) is 0 Å². The van der Waals surface area contributed by atoms with Gasteiger partial charge in [-0.2, -0.15) is 0 Å². The average molecular weight is 256 g/mol. The maximum absolute atomic E-state index is 5.79. The highest BCUT2D eigenvalue weighted by Gasteiger charge is 2.03. The van der Waals surface area contributed by atoms with Gasteiger partial charge in [-0.05, 0) is 29.7 Å². The minimum atomic E-state index is 0.519. The molecule has 19 heavy (non-hydrogen) atoms. The minimum Gasteiger partial charge on any atom is -0.496 e.